The molecule has 1 aliphatic rings. The van der Waals surface area contributed by atoms with Gasteiger partial charge in [-0.3, -0.25) is 4.90 Å². The zero-order valence-corrected chi connectivity index (χ0v) is 13.3. The molecule has 23 heavy (non-hydrogen) atoms. The van der Waals surface area contributed by atoms with Crippen molar-refractivity contribution in [2.24, 2.45) is 0 Å². The van der Waals surface area contributed by atoms with E-state index in [1.54, 1.807) is 17.4 Å². The Hall–Kier alpha value is -2.41. The van der Waals surface area contributed by atoms with Gasteiger partial charge in [-0.15, -0.1) is 11.3 Å². The van der Waals surface area contributed by atoms with Gasteiger partial charge in [0, 0.05) is 43.3 Å². The molecule has 1 fully saturated rings. The number of nitrogens with zero attached hydrogens (tertiary/aromatic N) is 4. The quantitative estimate of drug-likeness (QED) is 0.795. The van der Waals surface area contributed by atoms with Crippen molar-refractivity contribution < 1.29 is 4.39 Å². The third-order valence-electron chi connectivity index (χ3n) is 3.68. The van der Waals surface area contributed by atoms with Crippen molar-refractivity contribution >= 4 is 16.5 Å². The first kappa shape index (κ1) is 15.5. The molecule has 116 valence electrons. The lowest BCUT2D eigenvalue weighted by atomic mass is 10.1. The molecule has 0 unspecified atom stereocenters. The molecule has 6 heteroatoms. The van der Waals surface area contributed by atoms with Gasteiger partial charge in [0.05, 0.1) is 12.1 Å². The zero-order chi connectivity index (χ0) is 16.1. The van der Waals surface area contributed by atoms with Crippen LogP contribution in [-0.2, 0) is 0 Å². The molecule has 2 aromatic rings. The van der Waals surface area contributed by atoms with Crippen molar-refractivity contribution in [2.75, 3.05) is 37.6 Å². The van der Waals surface area contributed by atoms with Crippen LogP contribution in [0.3, 0.4) is 0 Å². The number of benzene rings is 1. The minimum absolute atomic E-state index is 0.0360. The predicted molar refractivity (Wildman–Crippen MR) is 88.8 cm³/mol. The summed E-state index contributed by atoms with van der Waals surface area (Å²) in [7, 11) is 0. The molecular formula is C17H15FN4S. The van der Waals surface area contributed by atoms with E-state index in [-0.39, 0.29) is 5.56 Å². The number of nitriles is 1. The first-order valence-corrected chi connectivity index (χ1v) is 8.19. The van der Waals surface area contributed by atoms with Crippen molar-refractivity contribution in [3.05, 3.63) is 46.7 Å². The van der Waals surface area contributed by atoms with Crippen LogP contribution in [0.1, 0.15) is 11.1 Å². The summed E-state index contributed by atoms with van der Waals surface area (Å²) in [5, 5.41) is 11.9. The van der Waals surface area contributed by atoms with E-state index in [0.29, 0.717) is 12.1 Å². The van der Waals surface area contributed by atoms with Crippen LogP contribution in [0.2, 0.25) is 0 Å². The number of piperazine rings is 1. The second-order valence-electron chi connectivity index (χ2n) is 5.19. The van der Waals surface area contributed by atoms with E-state index >= 15 is 0 Å². The Morgan fingerprint density at radius 1 is 1.26 bits per heavy atom. The molecule has 2 heterocycles. The van der Waals surface area contributed by atoms with Crippen LogP contribution >= 0.6 is 11.3 Å². The SMILES string of the molecule is N#Cc1cc(C#CCN2CCN(c3nccs3)CC2)ccc1F. The maximum absolute atomic E-state index is 13.2. The monoisotopic (exact) mass is 326 g/mol. The van der Waals surface area contributed by atoms with Crippen molar-refractivity contribution in [3.8, 4) is 17.9 Å². The molecule has 0 spiro atoms. The van der Waals surface area contributed by atoms with Crippen LogP contribution in [-0.4, -0.2) is 42.6 Å². The zero-order valence-electron chi connectivity index (χ0n) is 12.5. The molecule has 0 atom stereocenters. The van der Waals surface area contributed by atoms with E-state index < -0.39 is 5.82 Å². The summed E-state index contributed by atoms with van der Waals surface area (Å²) >= 11 is 1.66. The summed E-state index contributed by atoms with van der Waals surface area (Å²) in [6.07, 6.45) is 1.83. The average Bonchev–Trinajstić information content (AvgIpc) is 3.11. The summed E-state index contributed by atoms with van der Waals surface area (Å²) in [6, 6.07) is 6.21. The third kappa shape index (κ3) is 3.87. The molecule has 0 aliphatic carbocycles. The normalized spacial score (nSPS) is 14.9. The Morgan fingerprint density at radius 2 is 2.09 bits per heavy atom. The summed E-state index contributed by atoms with van der Waals surface area (Å²) in [4.78, 5) is 8.90. The van der Waals surface area contributed by atoms with Gasteiger partial charge in [-0.1, -0.05) is 11.8 Å². The van der Waals surface area contributed by atoms with Gasteiger partial charge in [-0.2, -0.15) is 5.26 Å². The molecule has 0 bridgehead atoms. The molecule has 1 saturated heterocycles. The molecule has 0 amide bonds. The van der Waals surface area contributed by atoms with Gasteiger partial charge in [-0.05, 0) is 18.2 Å². The van der Waals surface area contributed by atoms with E-state index in [1.807, 2.05) is 17.6 Å². The van der Waals surface area contributed by atoms with Gasteiger partial charge in [-0.25, -0.2) is 9.37 Å². The second kappa shape index (κ2) is 7.23. The lowest BCUT2D eigenvalue weighted by Gasteiger charge is -2.33. The Kier molecular flexibility index (Phi) is 4.87. The maximum atomic E-state index is 13.2. The van der Waals surface area contributed by atoms with Crippen molar-refractivity contribution in [3.63, 3.8) is 0 Å². The van der Waals surface area contributed by atoms with Crippen LogP contribution < -0.4 is 4.90 Å². The fourth-order valence-corrected chi connectivity index (χ4v) is 3.11. The fraction of sp³-hybridized carbons (Fsp3) is 0.294. The molecule has 3 rings (SSSR count). The molecule has 0 N–H and O–H groups in total. The topological polar surface area (TPSA) is 43.2 Å². The molecule has 1 aromatic carbocycles. The Bertz CT molecular complexity index is 762. The number of halogens is 1. The highest BCUT2D eigenvalue weighted by Crippen LogP contribution is 2.18. The largest absolute Gasteiger partial charge is 0.346 e. The number of anilines is 1. The number of hydrogen-bond acceptors (Lipinski definition) is 5. The average molecular weight is 326 g/mol. The fourth-order valence-electron chi connectivity index (χ4n) is 2.41. The Morgan fingerprint density at radius 3 is 2.78 bits per heavy atom. The smallest absolute Gasteiger partial charge is 0.185 e. The van der Waals surface area contributed by atoms with Crippen molar-refractivity contribution in [2.45, 2.75) is 0 Å². The minimum atomic E-state index is -0.503. The summed E-state index contributed by atoms with van der Waals surface area (Å²) < 4.78 is 13.2. The van der Waals surface area contributed by atoms with E-state index in [0.717, 1.165) is 31.3 Å². The summed E-state index contributed by atoms with van der Waals surface area (Å²) in [5.41, 5.74) is 0.707. The van der Waals surface area contributed by atoms with Gasteiger partial charge < -0.3 is 4.90 Å². The summed E-state index contributed by atoms with van der Waals surface area (Å²) in [6.45, 7) is 4.46. The third-order valence-corrected chi connectivity index (χ3v) is 4.52. The standard InChI is InChI=1S/C17H15FN4S/c18-16-4-3-14(12-15(16)13-19)2-1-6-21-7-9-22(10-8-21)17-20-5-11-23-17/h3-5,11-12H,6-10H2. The molecule has 0 radical (unpaired) electrons. The van der Waals surface area contributed by atoms with Crippen LogP contribution in [0, 0.1) is 29.0 Å². The first-order chi connectivity index (χ1) is 11.3. The highest BCUT2D eigenvalue weighted by molar-refractivity contribution is 7.13. The van der Waals surface area contributed by atoms with Crippen molar-refractivity contribution in [1.82, 2.24) is 9.88 Å². The van der Waals surface area contributed by atoms with Crippen LogP contribution in [0.5, 0.6) is 0 Å². The number of rotatable bonds is 2. The predicted octanol–water partition coefficient (Wildman–Crippen LogP) is 2.33. The summed E-state index contributed by atoms with van der Waals surface area (Å²) in [5.74, 6) is 5.60. The van der Waals surface area contributed by atoms with Crippen molar-refractivity contribution in [1.29, 1.82) is 5.26 Å². The van der Waals surface area contributed by atoms with Gasteiger partial charge in [0.15, 0.2) is 5.13 Å². The van der Waals surface area contributed by atoms with Gasteiger partial charge >= 0.3 is 0 Å². The lowest BCUT2D eigenvalue weighted by molar-refractivity contribution is 0.288. The van der Waals surface area contributed by atoms with Crippen LogP contribution in [0.15, 0.2) is 29.8 Å². The van der Waals surface area contributed by atoms with E-state index in [1.165, 1.54) is 12.1 Å². The molecule has 0 saturated carbocycles. The highest BCUT2D eigenvalue weighted by atomic mass is 32.1. The molecule has 1 aliphatic heterocycles. The Labute approximate surface area is 138 Å². The number of aromatic nitrogens is 1. The number of thiazole rings is 1. The Balaban J connectivity index is 1.53. The first-order valence-electron chi connectivity index (χ1n) is 7.31. The van der Waals surface area contributed by atoms with E-state index in [4.69, 9.17) is 5.26 Å². The lowest BCUT2D eigenvalue weighted by Crippen LogP contribution is -2.46. The number of hydrogen-bond donors (Lipinski definition) is 0. The van der Waals surface area contributed by atoms with E-state index in [2.05, 4.69) is 26.6 Å². The van der Waals surface area contributed by atoms with Crippen LogP contribution in [0.25, 0.3) is 0 Å². The van der Waals surface area contributed by atoms with Gasteiger partial charge in [0.1, 0.15) is 11.9 Å². The molecule has 1 aromatic heterocycles. The van der Waals surface area contributed by atoms with E-state index in [9.17, 15) is 4.39 Å². The maximum Gasteiger partial charge on any atom is 0.185 e. The second-order valence-corrected chi connectivity index (χ2v) is 6.06. The van der Waals surface area contributed by atoms with Crippen LogP contribution in [0.4, 0.5) is 9.52 Å². The highest BCUT2D eigenvalue weighted by Gasteiger charge is 2.17. The minimum Gasteiger partial charge on any atom is -0.346 e. The molecular weight excluding hydrogens is 311 g/mol. The van der Waals surface area contributed by atoms with Gasteiger partial charge in [0.25, 0.3) is 0 Å². The molecule has 4 nitrogen and oxygen atoms in total. The van der Waals surface area contributed by atoms with Gasteiger partial charge in [0.2, 0.25) is 0 Å².